The van der Waals surface area contributed by atoms with E-state index in [0.29, 0.717) is 6.42 Å². The van der Waals surface area contributed by atoms with E-state index in [1.165, 1.54) is 51.4 Å². The molecule has 390 valence electrons. The van der Waals surface area contributed by atoms with Gasteiger partial charge in [0.2, 0.25) is 5.91 Å². The molecule has 0 aliphatic carbocycles. The second kappa shape index (κ2) is 48.0. The van der Waals surface area contributed by atoms with Crippen LogP contribution in [0.2, 0.25) is 0 Å². The van der Waals surface area contributed by atoms with E-state index in [1.54, 1.807) is 6.08 Å². The maximum absolute atomic E-state index is 13.0. The molecule has 7 atom stereocenters. The number of aliphatic hydroxyl groups is 5. The number of ether oxygens (including phenoxy) is 2. The fourth-order valence-electron chi connectivity index (χ4n) is 7.46. The van der Waals surface area contributed by atoms with Crippen molar-refractivity contribution in [2.45, 2.75) is 224 Å². The molecule has 0 spiro atoms. The van der Waals surface area contributed by atoms with Gasteiger partial charge in [-0.05, 0) is 103 Å². The van der Waals surface area contributed by atoms with Gasteiger partial charge >= 0.3 is 0 Å². The highest BCUT2D eigenvalue weighted by atomic mass is 16.7. The lowest BCUT2D eigenvalue weighted by molar-refractivity contribution is -0.302. The van der Waals surface area contributed by atoms with E-state index in [2.05, 4.69) is 141 Å². The summed E-state index contributed by atoms with van der Waals surface area (Å²) < 4.78 is 11.2. The third-order valence-corrected chi connectivity index (χ3v) is 11.7. The first-order valence-electron chi connectivity index (χ1n) is 26.9. The van der Waals surface area contributed by atoms with Crippen molar-refractivity contribution < 1.29 is 39.8 Å². The summed E-state index contributed by atoms with van der Waals surface area (Å²) >= 11 is 0. The Bertz CT molecular complexity index is 1530. The molecule has 0 aromatic heterocycles. The molecule has 6 N–H and O–H groups in total. The van der Waals surface area contributed by atoms with Gasteiger partial charge in [0, 0.05) is 6.42 Å². The number of carbonyl (C=O) groups excluding carboxylic acids is 1. The number of unbranched alkanes of at least 4 members (excludes halogenated alkanes) is 13. The third-order valence-electron chi connectivity index (χ3n) is 11.7. The van der Waals surface area contributed by atoms with Gasteiger partial charge in [-0.1, -0.05) is 205 Å². The second-order valence-electron chi connectivity index (χ2n) is 17.9. The zero-order valence-corrected chi connectivity index (χ0v) is 43.0. The first kappa shape index (κ1) is 63.3. The van der Waals surface area contributed by atoms with Crippen LogP contribution < -0.4 is 5.32 Å². The van der Waals surface area contributed by atoms with Crippen LogP contribution in [-0.2, 0) is 14.3 Å². The van der Waals surface area contributed by atoms with Crippen molar-refractivity contribution >= 4 is 5.91 Å². The van der Waals surface area contributed by atoms with Crippen molar-refractivity contribution in [3.63, 3.8) is 0 Å². The number of hydrogen-bond donors (Lipinski definition) is 6. The van der Waals surface area contributed by atoms with Crippen LogP contribution in [0.25, 0.3) is 0 Å². The molecule has 1 saturated heterocycles. The normalized spacial score (nSPS) is 20.6. The summed E-state index contributed by atoms with van der Waals surface area (Å²) in [6, 6.07) is -0.836. The number of rotatable bonds is 43. The zero-order chi connectivity index (χ0) is 50.1. The Kier molecular flexibility index (Phi) is 44.0. The predicted molar refractivity (Wildman–Crippen MR) is 290 cm³/mol. The molecule has 1 amide bonds. The maximum atomic E-state index is 13.0. The molecule has 0 saturated carbocycles. The van der Waals surface area contributed by atoms with Gasteiger partial charge in [-0.25, -0.2) is 0 Å². The number of amides is 1. The SMILES string of the molecule is CC/C=C\C/C=C\C/C=C\C/C=C\C/C=C\C/C=C\C/C=C\C/C=C\C/C=C\CCCCCCCCCC(=O)NC(COC1OC(CO)C(O)C(O)C1O)C(O)/C=C/CC/C=C/CCCCCCC. The van der Waals surface area contributed by atoms with E-state index in [0.717, 1.165) is 109 Å². The van der Waals surface area contributed by atoms with E-state index in [9.17, 15) is 30.3 Å². The fraction of sp³-hybridized carbons (Fsp3) is 0.617. The smallest absolute Gasteiger partial charge is 0.220 e. The molecular weight excluding hydrogens is 863 g/mol. The van der Waals surface area contributed by atoms with E-state index in [4.69, 9.17) is 9.47 Å². The number of nitrogens with one attached hydrogen (secondary N) is 1. The molecule has 69 heavy (non-hydrogen) atoms. The molecule has 0 aromatic carbocycles. The predicted octanol–water partition coefficient (Wildman–Crippen LogP) is 12.9. The van der Waals surface area contributed by atoms with Crippen LogP contribution in [0.5, 0.6) is 0 Å². The molecule has 1 rings (SSSR count). The van der Waals surface area contributed by atoms with E-state index >= 15 is 0 Å². The van der Waals surface area contributed by atoms with Crippen molar-refractivity contribution in [1.82, 2.24) is 5.32 Å². The van der Waals surface area contributed by atoms with Gasteiger partial charge in [-0.2, -0.15) is 0 Å². The molecule has 1 heterocycles. The first-order chi connectivity index (χ1) is 33.8. The first-order valence-corrected chi connectivity index (χ1v) is 26.9. The minimum absolute atomic E-state index is 0.207. The number of hydrogen-bond acceptors (Lipinski definition) is 8. The van der Waals surface area contributed by atoms with E-state index < -0.39 is 49.5 Å². The molecule has 0 bridgehead atoms. The third kappa shape index (κ3) is 37.8. The topological polar surface area (TPSA) is 149 Å². The van der Waals surface area contributed by atoms with Crippen LogP contribution in [0, 0.1) is 0 Å². The Balaban J connectivity index is 2.21. The molecule has 0 aromatic rings. The second-order valence-corrected chi connectivity index (χ2v) is 17.9. The molecule has 0 radical (unpaired) electrons. The van der Waals surface area contributed by atoms with Crippen LogP contribution in [0.3, 0.4) is 0 Å². The Morgan fingerprint density at radius 1 is 0.507 bits per heavy atom. The molecule has 9 nitrogen and oxygen atoms in total. The van der Waals surface area contributed by atoms with Crippen LogP contribution in [0.4, 0.5) is 0 Å². The van der Waals surface area contributed by atoms with Gasteiger partial charge in [-0.3, -0.25) is 4.79 Å². The summed E-state index contributed by atoms with van der Waals surface area (Å²) in [5, 5.41) is 54.2. The molecule has 1 fully saturated rings. The van der Waals surface area contributed by atoms with E-state index in [1.807, 2.05) is 6.08 Å². The van der Waals surface area contributed by atoms with Crippen molar-refractivity contribution in [1.29, 1.82) is 0 Å². The van der Waals surface area contributed by atoms with Crippen molar-refractivity contribution in [3.8, 4) is 0 Å². The highest BCUT2D eigenvalue weighted by Crippen LogP contribution is 2.22. The molecule has 1 aliphatic heterocycles. The van der Waals surface area contributed by atoms with E-state index in [-0.39, 0.29) is 12.5 Å². The Morgan fingerprint density at radius 2 is 0.913 bits per heavy atom. The highest BCUT2D eigenvalue weighted by Gasteiger charge is 2.44. The summed E-state index contributed by atoms with van der Waals surface area (Å²) in [6.45, 7) is 3.58. The largest absolute Gasteiger partial charge is 0.394 e. The zero-order valence-electron chi connectivity index (χ0n) is 43.0. The van der Waals surface area contributed by atoms with Gasteiger partial charge < -0.3 is 40.3 Å². The lowest BCUT2D eigenvalue weighted by atomic mass is 9.99. The summed E-state index contributed by atoms with van der Waals surface area (Å²) in [6.07, 6.45) is 66.6. The average molecular weight is 960 g/mol. The van der Waals surface area contributed by atoms with Crippen molar-refractivity contribution in [3.05, 3.63) is 134 Å². The Hall–Kier alpha value is -3.67. The van der Waals surface area contributed by atoms with Crippen molar-refractivity contribution in [2.75, 3.05) is 13.2 Å². The van der Waals surface area contributed by atoms with Gasteiger partial charge in [0.15, 0.2) is 6.29 Å². The Labute approximate surface area is 420 Å². The fourth-order valence-corrected chi connectivity index (χ4v) is 7.46. The molecule has 9 heteroatoms. The minimum atomic E-state index is -1.58. The van der Waals surface area contributed by atoms with Crippen LogP contribution in [-0.4, -0.2) is 87.5 Å². The monoisotopic (exact) mass is 960 g/mol. The van der Waals surface area contributed by atoms with Crippen molar-refractivity contribution in [2.24, 2.45) is 0 Å². The lowest BCUT2D eigenvalue weighted by Gasteiger charge is -2.40. The minimum Gasteiger partial charge on any atom is -0.394 e. The quantitative estimate of drug-likeness (QED) is 0.0261. The molecule has 1 aliphatic rings. The number of allylic oxidation sites excluding steroid dienone is 21. The highest BCUT2D eigenvalue weighted by molar-refractivity contribution is 5.76. The summed E-state index contributed by atoms with van der Waals surface area (Å²) in [4.78, 5) is 13.0. The van der Waals surface area contributed by atoms with Gasteiger partial charge in [0.05, 0.1) is 25.4 Å². The average Bonchev–Trinajstić information content (AvgIpc) is 3.35. The van der Waals surface area contributed by atoms with Gasteiger partial charge in [0.1, 0.15) is 24.4 Å². The van der Waals surface area contributed by atoms with Crippen LogP contribution in [0.15, 0.2) is 134 Å². The lowest BCUT2D eigenvalue weighted by Crippen LogP contribution is -2.60. The summed E-state index contributed by atoms with van der Waals surface area (Å²) in [7, 11) is 0. The maximum Gasteiger partial charge on any atom is 0.220 e. The number of aliphatic hydroxyl groups excluding tert-OH is 5. The number of carbonyl (C=O) groups is 1. The molecule has 7 unspecified atom stereocenters. The summed E-state index contributed by atoms with van der Waals surface area (Å²) in [5.41, 5.74) is 0. The van der Waals surface area contributed by atoms with Crippen LogP contribution in [0.1, 0.15) is 181 Å². The van der Waals surface area contributed by atoms with Crippen LogP contribution >= 0.6 is 0 Å². The standard InChI is InChI=1S/C60H97NO8/c1-3-5-7-9-11-13-15-16-17-18-19-20-21-22-23-24-25-26-27-28-29-30-31-32-33-34-35-36-37-38-40-42-44-46-48-50-56(64)61-53(52-68-60-59(67)58(66)57(65)55(51-62)69-60)54(63)49-47-45-43-41-39-14-12-10-8-6-4-2/h5,7,11,13,16-17,19-20,22-23,25-26,28-29,31-32,34-35,39,41,47,49,53-55,57-60,62-63,65-67H,3-4,6,8-10,12,14-15,18,21,24,27,30,33,36-38,40,42-46,48,50-52H2,1-2H3,(H,61,64)/b7-5-,13-11-,17-16-,20-19-,23-22-,26-25-,29-28-,32-31-,35-34-,41-39+,49-47+. The molecular formula is C60H97NO8. The van der Waals surface area contributed by atoms with Gasteiger partial charge in [0.25, 0.3) is 0 Å². The Morgan fingerprint density at radius 3 is 1.39 bits per heavy atom. The summed E-state index contributed by atoms with van der Waals surface area (Å²) in [5.74, 6) is -0.207. The van der Waals surface area contributed by atoms with Gasteiger partial charge in [-0.15, -0.1) is 0 Å².